The van der Waals surface area contributed by atoms with Crippen LogP contribution in [0.15, 0.2) is 15.2 Å². The van der Waals surface area contributed by atoms with Crippen LogP contribution in [0.25, 0.3) is 0 Å². The van der Waals surface area contributed by atoms with E-state index in [2.05, 4.69) is 54.0 Å². The molecule has 0 saturated carbocycles. The molecule has 0 saturated heterocycles. The Morgan fingerprint density at radius 2 is 2.28 bits per heavy atom. The lowest BCUT2D eigenvalue weighted by Crippen LogP contribution is -2.33. The minimum Gasteiger partial charge on any atom is -0.313 e. The van der Waals surface area contributed by atoms with Crippen LogP contribution in [0.4, 0.5) is 0 Å². The lowest BCUT2D eigenvalue weighted by molar-refractivity contribution is 0.207. The zero-order chi connectivity index (χ0) is 12.5. The predicted molar refractivity (Wildman–Crippen MR) is 75.5 cm³/mol. The van der Waals surface area contributed by atoms with Gasteiger partial charge in [0.05, 0.1) is 10.3 Å². The maximum absolute atomic E-state index is 4.29. The van der Waals surface area contributed by atoms with E-state index < -0.39 is 0 Å². The molecular weight excluding hydrogens is 312 g/mol. The van der Waals surface area contributed by atoms with E-state index >= 15 is 0 Å². The fourth-order valence-electron chi connectivity index (χ4n) is 2.35. The molecule has 0 radical (unpaired) electrons. The minimum atomic E-state index is 0.903. The summed E-state index contributed by atoms with van der Waals surface area (Å²) >= 11 is 5.25. The highest BCUT2D eigenvalue weighted by molar-refractivity contribution is 9.11. The third kappa shape index (κ3) is 2.37. The summed E-state index contributed by atoms with van der Waals surface area (Å²) in [7, 11) is 0. The van der Waals surface area contributed by atoms with E-state index in [0.29, 0.717) is 0 Å². The Morgan fingerprint density at radius 3 is 3.00 bits per heavy atom. The Balaban J connectivity index is 1.71. The number of hydrogen-bond donors (Lipinski definition) is 0. The molecule has 6 heteroatoms. The average Bonchev–Trinajstić information content (AvgIpc) is 2.95. The van der Waals surface area contributed by atoms with Crippen molar-refractivity contribution in [1.29, 1.82) is 0 Å². The molecule has 96 valence electrons. The first kappa shape index (κ1) is 12.3. The standard InChI is InChI=1S/C12H15BrN4S/c1-2-11-14-15-12-7-16(3-4-17(11)12)6-9-5-10(13)18-8-9/h5,8H,2-4,6-7H2,1H3. The summed E-state index contributed by atoms with van der Waals surface area (Å²) in [4.78, 5) is 2.43. The summed E-state index contributed by atoms with van der Waals surface area (Å²) < 4.78 is 3.46. The first-order valence-corrected chi connectivity index (χ1v) is 7.79. The summed E-state index contributed by atoms with van der Waals surface area (Å²) in [6, 6.07) is 2.20. The molecule has 0 fully saturated rings. The summed E-state index contributed by atoms with van der Waals surface area (Å²) in [6.07, 6.45) is 0.963. The Morgan fingerprint density at radius 1 is 1.39 bits per heavy atom. The summed E-state index contributed by atoms with van der Waals surface area (Å²) in [5, 5.41) is 10.7. The summed E-state index contributed by atoms with van der Waals surface area (Å²) in [5.74, 6) is 2.22. The van der Waals surface area contributed by atoms with Gasteiger partial charge >= 0.3 is 0 Å². The van der Waals surface area contributed by atoms with E-state index in [4.69, 9.17) is 0 Å². The molecule has 1 aliphatic rings. The zero-order valence-electron chi connectivity index (χ0n) is 10.3. The monoisotopic (exact) mass is 326 g/mol. The quantitative estimate of drug-likeness (QED) is 0.869. The second-order valence-corrected chi connectivity index (χ2v) is 6.80. The number of fused-ring (bicyclic) bond motifs is 1. The van der Waals surface area contributed by atoms with Crippen molar-refractivity contribution in [2.45, 2.75) is 33.0 Å². The van der Waals surface area contributed by atoms with Crippen molar-refractivity contribution < 1.29 is 0 Å². The molecule has 2 aromatic heterocycles. The van der Waals surface area contributed by atoms with Crippen LogP contribution in [-0.2, 0) is 26.1 Å². The van der Waals surface area contributed by atoms with Gasteiger partial charge in [-0.25, -0.2) is 0 Å². The maximum atomic E-state index is 4.29. The fraction of sp³-hybridized carbons (Fsp3) is 0.500. The van der Waals surface area contributed by atoms with Crippen LogP contribution < -0.4 is 0 Å². The van der Waals surface area contributed by atoms with Gasteiger partial charge in [-0.3, -0.25) is 4.90 Å². The third-order valence-electron chi connectivity index (χ3n) is 3.25. The molecule has 3 heterocycles. The molecule has 0 spiro atoms. The largest absolute Gasteiger partial charge is 0.313 e. The van der Waals surface area contributed by atoms with Crippen molar-refractivity contribution in [1.82, 2.24) is 19.7 Å². The van der Waals surface area contributed by atoms with E-state index in [0.717, 1.165) is 44.2 Å². The average molecular weight is 327 g/mol. The minimum absolute atomic E-state index is 0.903. The highest BCUT2D eigenvalue weighted by atomic mass is 79.9. The lowest BCUT2D eigenvalue weighted by Gasteiger charge is -2.27. The van der Waals surface area contributed by atoms with Gasteiger partial charge in [-0.1, -0.05) is 6.92 Å². The van der Waals surface area contributed by atoms with Crippen molar-refractivity contribution in [2.75, 3.05) is 6.54 Å². The predicted octanol–water partition coefficient (Wildman–Crippen LogP) is 2.68. The van der Waals surface area contributed by atoms with E-state index in [1.807, 2.05) is 0 Å². The van der Waals surface area contributed by atoms with Crippen LogP contribution in [0.5, 0.6) is 0 Å². The first-order chi connectivity index (χ1) is 8.76. The van der Waals surface area contributed by atoms with Gasteiger partial charge in [0.15, 0.2) is 0 Å². The third-order valence-corrected chi connectivity index (χ3v) is 4.81. The second kappa shape index (κ2) is 5.11. The van der Waals surface area contributed by atoms with Gasteiger partial charge in [0.2, 0.25) is 0 Å². The number of hydrogen-bond acceptors (Lipinski definition) is 4. The van der Waals surface area contributed by atoms with Crippen LogP contribution in [-0.4, -0.2) is 26.2 Å². The van der Waals surface area contributed by atoms with Crippen molar-refractivity contribution in [3.8, 4) is 0 Å². The molecule has 18 heavy (non-hydrogen) atoms. The lowest BCUT2D eigenvalue weighted by atomic mass is 10.2. The number of thiophene rings is 1. The maximum Gasteiger partial charge on any atom is 0.147 e. The molecule has 0 atom stereocenters. The molecule has 2 aromatic rings. The van der Waals surface area contributed by atoms with Crippen LogP contribution in [0, 0.1) is 0 Å². The molecule has 0 unspecified atom stereocenters. The van der Waals surface area contributed by atoms with Crippen LogP contribution in [0.2, 0.25) is 0 Å². The van der Waals surface area contributed by atoms with Gasteiger partial charge in [0.1, 0.15) is 11.6 Å². The molecule has 0 bridgehead atoms. The highest BCUT2D eigenvalue weighted by Gasteiger charge is 2.20. The number of aromatic nitrogens is 3. The molecule has 0 N–H and O–H groups in total. The number of rotatable bonds is 3. The topological polar surface area (TPSA) is 34.0 Å². The number of halogens is 1. The molecule has 0 amide bonds. The molecule has 1 aliphatic heterocycles. The Kier molecular flexibility index (Phi) is 3.50. The molecule has 3 rings (SSSR count). The smallest absolute Gasteiger partial charge is 0.147 e. The van der Waals surface area contributed by atoms with Gasteiger partial charge < -0.3 is 4.57 Å². The second-order valence-electron chi connectivity index (χ2n) is 4.51. The van der Waals surface area contributed by atoms with Gasteiger partial charge in [-0.15, -0.1) is 21.5 Å². The molecule has 4 nitrogen and oxygen atoms in total. The summed E-state index contributed by atoms with van der Waals surface area (Å²) in [6.45, 7) is 6.12. The number of aryl methyl sites for hydroxylation is 1. The SMILES string of the molecule is CCc1nnc2n1CCN(Cc1csc(Br)c1)C2. The Hall–Kier alpha value is -0.720. The Labute approximate surface area is 119 Å². The Bertz CT molecular complexity index is 548. The van der Waals surface area contributed by atoms with Crippen LogP contribution >= 0.6 is 27.3 Å². The van der Waals surface area contributed by atoms with Crippen molar-refractivity contribution in [2.24, 2.45) is 0 Å². The van der Waals surface area contributed by atoms with Gasteiger partial charge in [-0.2, -0.15) is 0 Å². The van der Waals surface area contributed by atoms with E-state index in [1.54, 1.807) is 11.3 Å². The van der Waals surface area contributed by atoms with E-state index in [-0.39, 0.29) is 0 Å². The normalized spacial score (nSPS) is 15.9. The first-order valence-electron chi connectivity index (χ1n) is 6.12. The van der Waals surface area contributed by atoms with Crippen molar-refractivity contribution >= 4 is 27.3 Å². The van der Waals surface area contributed by atoms with E-state index in [1.165, 1.54) is 9.35 Å². The molecule has 0 aromatic carbocycles. The van der Waals surface area contributed by atoms with Crippen LogP contribution in [0.3, 0.4) is 0 Å². The molecule has 0 aliphatic carbocycles. The van der Waals surface area contributed by atoms with Gasteiger partial charge in [0.25, 0.3) is 0 Å². The fourth-order valence-corrected chi connectivity index (χ4v) is 3.55. The molecular formula is C12H15BrN4S. The summed E-state index contributed by atoms with van der Waals surface area (Å²) in [5.41, 5.74) is 1.37. The number of nitrogens with zero attached hydrogens (tertiary/aromatic N) is 4. The van der Waals surface area contributed by atoms with Gasteiger partial charge in [0, 0.05) is 26.1 Å². The van der Waals surface area contributed by atoms with Crippen molar-refractivity contribution in [3.63, 3.8) is 0 Å². The van der Waals surface area contributed by atoms with Crippen molar-refractivity contribution in [3.05, 3.63) is 32.4 Å². The van der Waals surface area contributed by atoms with Gasteiger partial charge in [-0.05, 0) is 32.9 Å². The zero-order valence-corrected chi connectivity index (χ0v) is 12.7. The van der Waals surface area contributed by atoms with E-state index in [9.17, 15) is 0 Å². The highest BCUT2D eigenvalue weighted by Crippen LogP contribution is 2.23. The van der Waals surface area contributed by atoms with Crippen LogP contribution in [0.1, 0.15) is 24.1 Å².